The normalized spacial score (nSPS) is 14.5. The standard InChI is InChI=1S/C13H25NO8/c1-2-14(9(13(21)22)7-11(17)18)5-3-4-8(12(19)20)6-10(15)16/h8-9,11,13,17-18,21-22H,2-7H2,1H3,(H,15,16)(H,19,20). The maximum atomic E-state index is 10.9. The topological polar surface area (TPSA) is 159 Å². The number of aliphatic hydroxyl groups is 4. The Morgan fingerprint density at radius 3 is 2.05 bits per heavy atom. The van der Waals surface area contributed by atoms with E-state index in [9.17, 15) is 19.8 Å². The summed E-state index contributed by atoms with van der Waals surface area (Å²) in [7, 11) is 0. The molecule has 0 amide bonds. The van der Waals surface area contributed by atoms with Gasteiger partial charge in [-0.3, -0.25) is 14.5 Å². The summed E-state index contributed by atoms with van der Waals surface area (Å²) in [5, 5.41) is 54.1. The van der Waals surface area contributed by atoms with Crippen molar-refractivity contribution in [2.24, 2.45) is 5.92 Å². The van der Waals surface area contributed by atoms with Crippen molar-refractivity contribution < 1.29 is 40.2 Å². The van der Waals surface area contributed by atoms with Crippen molar-refractivity contribution in [3.63, 3.8) is 0 Å². The molecular weight excluding hydrogens is 298 g/mol. The van der Waals surface area contributed by atoms with E-state index in [1.54, 1.807) is 11.8 Å². The Bertz CT molecular complexity index is 347. The molecule has 0 radical (unpaired) electrons. The molecule has 2 atom stereocenters. The van der Waals surface area contributed by atoms with E-state index in [-0.39, 0.29) is 19.4 Å². The van der Waals surface area contributed by atoms with Crippen molar-refractivity contribution in [2.75, 3.05) is 13.1 Å². The molecule has 0 heterocycles. The van der Waals surface area contributed by atoms with E-state index in [0.29, 0.717) is 13.0 Å². The lowest BCUT2D eigenvalue weighted by Gasteiger charge is -2.32. The maximum Gasteiger partial charge on any atom is 0.307 e. The van der Waals surface area contributed by atoms with Crippen molar-refractivity contribution in [3.05, 3.63) is 0 Å². The van der Waals surface area contributed by atoms with E-state index in [0.717, 1.165) is 0 Å². The Morgan fingerprint density at radius 2 is 1.68 bits per heavy atom. The van der Waals surface area contributed by atoms with Crippen LogP contribution in [0.25, 0.3) is 0 Å². The van der Waals surface area contributed by atoms with Gasteiger partial charge in [-0.25, -0.2) is 0 Å². The van der Waals surface area contributed by atoms with E-state index in [4.69, 9.17) is 20.4 Å². The third kappa shape index (κ3) is 8.25. The van der Waals surface area contributed by atoms with E-state index >= 15 is 0 Å². The van der Waals surface area contributed by atoms with Crippen LogP contribution in [-0.4, -0.2) is 79.2 Å². The lowest BCUT2D eigenvalue weighted by atomic mass is 9.99. The summed E-state index contributed by atoms with van der Waals surface area (Å²) in [5.41, 5.74) is 0. The molecule has 2 unspecified atom stereocenters. The largest absolute Gasteiger partial charge is 0.481 e. The molecule has 0 spiro atoms. The van der Waals surface area contributed by atoms with E-state index in [1.165, 1.54) is 0 Å². The Hall–Kier alpha value is -1.26. The minimum Gasteiger partial charge on any atom is -0.481 e. The molecule has 6 N–H and O–H groups in total. The molecule has 22 heavy (non-hydrogen) atoms. The van der Waals surface area contributed by atoms with Gasteiger partial charge in [-0.1, -0.05) is 6.92 Å². The van der Waals surface area contributed by atoms with Crippen LogP contribution < -0.4 is 0 Å². The summed E-state index contributed by atoms with van der Waals surface area (Å²) in [6.45, 7) is 2.42. The van der Waals surface area contributed by atoms with Crippen LogP contribution >= 0.6 is 0 Å². The summed E-state index contributed by atoms with van der Waals surface area (Å²) in [5.74, 6) is -3.38. The number of nitrogens with zero attached hydrogens (tertiary/aromatic N) is 1. The zero-order chi connectivity index (χ0) is 17.3. The van der Waals surface area contributed by atoms with Crippen molar-refractivity contribution in [2.45, 2.75) is 51.2 Å². The van der Waals surface area contributed by atoms with Crippen LogP contribution in [0, 0.1) is 5.92 Å². The first-order chi connectivity index (χ1) is 10.2. The Balaban J connectivity index is 4.53. The average molecular weight is 323 g/mol. The lowest BCUT2D eigenvalue weighted by molar-refractivity contribution is -0.148. The highest BCUT2D eigenvalue weighted by Gasteiger charge is 2.26. The summed E-state index contributed by atoms with van der Waals surface area (Å²) < 4.78 is 0. The van der Waals surface area contributed by atoms with Crippen LogP contribution in [0.15, 0.2) is 0 Å². The molecule has 0 aromatic carbocycles. The molecule has 9 nitrogen and oxygen atoms in total. The molecule has 0 rings (SSSR count). The molecule has 9 heteroatoms. The minimum absolute atomic E-state index is 0.133. The number of hydrogen-bond acceptors (Lipinski definition) is 7. The fraction of sp³-hybridized carbons (Fsp3) is 0.846. The SMILES string of the molecule is CCN(CCCC(CC(=O)O)C(=O)O)C(CC(O)O)C(O)O. The van der Waals surface area contributed by atoms with Gasteiger partial charge in [-0.15, -0.1) is 0 Å². The number of carboxylic acids is 2. The first-order valence-electron chi connectivity index (χ1n) is 7.09. The predicted octanol–water partition coefficient (Wildman–Crippen LogP) is -1.36. The quantitative estimate of drug-likeness (QED) is 0.239. The molecule has 0 aliphatic heterocycles. The first kappa shape index (κ1) is 20.7. The minimum atomic E-state index is -1.77. The van der Waals surface area contributed by atoms with Gasteiger partial charge in [-0.05, 0) is 25.9 Å². The Morgan fingerprint density at radius 1 is 1.09 bits per heavy atom. The molecular formula is C13H25NO8. The molecule has 0 saturated heterocycles. The summed E-state index contributed by atoms with van der Waals surface area (Å²) in [6, 6.07) is -0.896. The van der Waals surface area contributed by atoms with Crippen LogP contribution in [0.3, 0.4) is 0 Å². The predicted molar refractivity (Wildman–Crippen MR) is 74.7 cm³/mol. The summed E-state index contributed by atoms with van der Waals surface area (Å²) in [6.07, 6.45) is -3.72. The van der Waals surface area contributed by atoms with Gasteiger partial charge in [0.15, 0.2) is 12.6 Å². The molecule has 0 aliphatic carbocycles. The average Bonchev–Trinajstić information content (AvgIpc) is 2.39. The zero-order valence-corrected chi connectivity index (χ0v) is 12.5. The third-order valence-electron chi connectivity index (χ3n) is 3.44. The number of hydrogen-bond donors (Lipinski definition) is 6. The fourth-order valence-corrected chi connectivity index (χ4v) is 2.30. The zero-order valence-electron chi connectivity index (χ0n) is 12.5. The highest BCUT2D eigenvalue weighted by Crippen LogP contribution is 2.15. The Labute approximate surface area is 128 Å². The maximum absolute atomic E-state index is 10.9. The number of rotatable bonds is 12. The van der Waals surface area contributed by atoms with Gasteiger partial charge >= 0.3 is 11.9 Å². The van der Waals surface area contributed by atoms with Crippen molar-refractivity contribution in [1.29, 1.82) is 0 Å². The van der Waals surface area contributed by atoms with Crippen LogP contribution in [0.5, 0.6) is 0 Å². The highest BCUT2D eigenvalue weighted by molar-refractivity contribution is 5.77. The number of aliphatic carboxylic acids is 2. The van der Waals surface area contributed by atoms with Gasteiger partial charge in [0.05, 0.1) is 18.4 Å². The van der Waals surface area contributed by atoms with Gasteiger partial charge in [0.1, 0.15) is 0 Å². The van der Waals surface area contributed by atoms with Crippen LogP contribution in [0.4, 0.5) is 0 Å². The second-order valence-electron chi connectivity index (χ2n) is 5.10. The molecule has 0 aliphatic rings. The molecule has 0 saturated carbocycles. The number of carbonyl (C=O) groups is 2. The number of likely N-dealkylation sites (N-methyl/N-ethyl adjacent to an activating group) is 1. The van der Waals surface area contributed by atoms with Crippen molar-refractivity contribution >= 4 is 11.9 Å². The molecule has 0 aromatic rings. The van der Waals surface area contributed by atoms with E-state index < -0.39 is 42.9 Å². The van der Waals surface area contributed by atoms with Gasteiger partial charge in [0.25, 0.3) is 0 Å². The molecule has 0 fully saturated rings. The van der Waals surface area contributed by atoms with Crippen molar-refractivity contribution in [1.82, 2.24) is 4.90 Å². The van der Waals surface area contributed by atoms with Gasteiger partial charge in [-0.2, -0.15) is 0 Å². The van der Waals surface area contributed by atoms with Crippen molar-refractivity contribution in [3.8, 4) is 0 Å². The monoisotopic (exact) mass is 323 g/mol. The lowest BCUT2D eigenvalue weighted by Crippen LogP contribution is -2.46. The third-order valence-corrected chi connectivity index (χ3v) is 3.44. The fourth-order valence-electron chi connectivity index (χ4n) is 2.30. The van der Waals surface area contributed by atoms with Crippen LogP contribution in [-0.2, 0) is 9.59 Å². The van der Waals surface area contributed by atoms with E-state index in [1.807, 2.05) is 0 Å². The smallest absolute Gasteiger partial charge is 0.307 e. The molecule has 0 bridgehead atoms. The Kier molecular flexibility index (Phi) is 9.86. The second-order valence-corrected chi connectivity index (χ2v) is 5.10. The molecule has 0 aromatic heterocycles. The van der Waals surface area contributed by atoms with E-state index in [2.05, 4.69) is 0 Å². The van der Waals surface area contributed by atoms with Gasteiger partial charge < -0.3 is 30.6 Å². The van der Waals surface area contributed by atoms with Gasteiger partial charge in [0.2, 0.25) is 0 Å². The summed E-state index contributed by atoms with van der Waals surface area (Å²) in [4.78, 5) is 23.1. The number of aliphatic hydroxyl groups excluding tert-OH is 2. The molecule has 130 valence electrons. The first-order valence-corrected chi connectivity index (χ1v) is 7.09. The number of carboxylic acid groups (broad SMARTS) is 2. The van der Waals surface area contributed by atoms with Gasteiger partial charge in [0, 0.05) is 6.42 Å². The highest BCUT2D eigenvalue weighted by atomic mass is 16.5. The van der Waals surface area contributed by atoms with Crippen LogP contribution in [0.2, 0.25) is 0 Å². The second kappa shape index (κ2) is 10.5. The van der Waals surface area contributed by atoms with Crippen LogP contribution in [0.1, 0.15) is 32.6 Å². The summed E-state index contributed by atoms with van der Waals surface area (Å²) >= 11 is 0.